The zero-order valence-electron chi connectivity index (χ0n) is 10.2. The molecule has 0 bridgehead atoms. The van der Waals surface area contributed by atoms with Crippen LogP contribution in [0.5, 0.6) is 5.75 Å². The Morgan fingerprint density at radius 2 is 1.89 bits per heavy atom. The molecule has 0 aromatic heterocycles. The fourth-order valence-corrected chi connectivity index (χ4v) is 1.36. The van der Waals surface area contributed by atoms with E-state index in [4.69, 9.17) is 15.3 Å². The van der Waals surface area contributed by atoms with E-state index in [1.807, 2.05) is 0 Å². The first-order valence-electron chi connectivity index (χ1n) is 5.79. The number of benzene rings is 1. The third kappa shape index (κ3) is 3.61. The lowest BCUT2D eigenvalue weighted by Crippen LogP contribution is -2.10. The lowest BCUT2D eigenvalue weighted by molar-refractivity contribution is 0.0971. The van der Waals surface area contributed by atoms with Crippen molar-refractivity contribution in [2.45, 2.75) is 19.8 Å². The number of nitriles is 2. The molecule has 1 aromatic carbocycles. The lowest BCUT2D eigenvalue weighted by Gasteiger charge is -2.06. The molecule has 0 fully saturated rings. The predicted octanol–water partition coefficient (Wildman–Crippen LogP) is 2.71. The van der Waals surface area contributed by atoms with Gasteiger partial charge in [-0.05, 0) is 30.7 Å². The van der Waals surface area contributed by atoms with Gasteiger partial charge in [0.15, 0.2) is 11.7 Å². The molecule has 4 nitrogen and oxygen atoms in total. The van der Waals surface area contributed by atoms with Gasteiger partial charge in [-0.25, -0.2) is 0 Å². The van der Waals surface area contributed by atoms with Gasteiger partial charge in [-0.3, -0.25) is 4.79 Å². The number of ketones is 1. The Morgan fingerprint density at radius 3 is 2.39 bits per heavy atom. The second kappa shape index (κ2) is 7.09. The topological polar surface area (TPSA) is 73.9 Å². The van der Waals surface area contributed by atoms with Crippen LogP contribution < -0.4 is 4.74 Å². The molecule has 1 rings (SSSR count). The quantitative estimate of drug-likeness (QED) is 0.567. The number of rotatable bonds is 6. The van der Waals surface area contributed by atoms with Crippen LogP contribution in [0.4, 0.5) is 0 Å². The minimum absolute atomic E-state index is 0.353. The van der Waals surface area contributed by atoms with Gasteiger partial charge < -0.3 is 4.74 Å². The summed E-state index contributed by atoms with van der Waals surface area (Å²) in [6.07, 6.45) is 2.04. The van der Waals surface area contributed by atoms with Crippen molar-refractivity contribution in [3.8, 4) is 17.9 Å². The Morgan fingerprint density at radius 1 is 1.28 bits per heavy atom. The molecule has 0 N–H and O–H groups in total. The molecule has 0 spiro atoms. The number of hydrogen-bond donors (Lipinski definition) is 0. The third-order valence-corrected chi connectivity index (χ3v) is 2.43. The molecule has 0 amide bonds. The van der Waals surface area contributed by atoms with E-state index in [9.17, 15) is 4.79 Å². The summed E-state index contributed by atoms with van der Waals surface area (Å²) in [7, 11) is 0. The normalized spacial score (nSPS) is 9.56. The number of carbonyl (C=O) groups excluding carboxylic acids is 1. The Labute approximate surface area is 106 Å². The number of unbranched alkanes of at least 4 members (excludes halogenated alkanes) is 1. The van der Waals surface area contributed by atoms with Crippen molar-refractivity contribution in [2.24, 2.45) is 5.92 Å². The average Bonchev–Trinajstić information content (AvgIpc) is 2.41. The molecule has 1 aromatic rings. The highest BCUT2D eigenvalue weighted by atomic mass is 16.5. The SMILES string of the molecule is CCCCOc1ccc(C(=O)C(C#N)C#N)cc1. The minimum Gasteiger partial charge on any atom is -0.494 e. The zero-order valence-corrected chi connectivity index (χ0v) is 10.2. The van der Waals surface area contributed by atoms with Gasteiger partial charge in [0.2, 0.25) is 0 Å². The molecule has 0 aliphatic rings. The maximum Gasteiger partial charge on any atom is 0.195 e. The highest BCUT2D eigenvalue weighted by Crippen LogP contribution is 2.15. The average molecular weight is 242 g/mol. The molecule has 0 atom stereocenters. The molecule has 0 heterocycles. The van der Waals surface area contributed by atoms with Crippen molar-refractivity contribution in [2.75, 3.05) is 6.61 Å². The van der Waals surface area contributed by atoms with Gasteiger partial charge in [-0.15, -0.1) is 0 Å². The molecule has 0 unspecified atom stereocenters. The van der Waals surface area contributed by atoms with E-state index < -0.39 is 11.7 Å². The van der Waals surface area contributed by atoms with Gasteiger partial charge >= 0.3 is 0 Å². The number of carbonyl (C=O) groups is 1. The maximum atomic E-state index is 11.7. The summed E-state index contributed by atoms with van der Waals surface area (Å²) < 4.78 is 5.45. The lowest BCUT2D eigenvalue weighted by atomic mass is 10.0. The zero-order chi connectivity index (χ0) is 13.4. The summed E-state index contributed by atoms with van der Waals surface area (Å²) >= 11 is 0. The van der Waals surface area contributed by atoms with Gasteiger partial charge in [0, 0.05) is 5.56 Å². The summed E-state index contributed by atoms with van der Waals surface area (Å²) in [4.78, 5) is 11.7. The van der Waals surface area contributed by atoms with E-state index >= 15 is 0 Å². The second-order valence-corrected chi connectivity index (χ2v) is 3.78. The Balaban J connectivity index is 2.69. The molecule has 0 saturated carbocycles. The van der Waals surface area contributed by atoms with Crippen molar-refractivity contribution in [3.63, 3.8) is 0 Å². The van der Waals surface area contributed by atoms with E-state index in [0.29, 0.717) is 17.9 Å². The van der Waals surface area contributed by atoms with E-state index in [1.54, 1.807) is 36.4 Å². The van der Waals surface area contributed by atoms with Gasteiger partial charge in [0.05, 0.1) is 18.7 Å². The van der Waals surface area contributed by atoms with Gasteiger partial charge in [0.1, 0.15) is 5.75 Å². The van der Waals surface area contributed by atoms with Crippen LogP contribution in [0.3, 0.4) is 0 Å². The van der Waals surface area contributed by atoms with Crippen LogP contribution in [-0.4, -0.2) is 12.4 Å². The smallest absolute Gasteiger partial charge is 0.195 e. The molecule has 0 saturated heterocycles. The molecule has 0 aliphatic heterocycles. The second-order valence-electron chi connectivity index (χ2n) is 3.78. The Hall–Kier alpha value is -2.33. The van der Waals surface area contributed by atoms with Gasteiger partial charge in [-0.1, -0.05) is 13.3 Å². The predicted molar refractivity (Wildman–Crippen MR) is 65.9 cm³/mol. The Kier molecular flexibility index (Phi) is 5.41. The number of nitrogens with zero attached hydrogens (tertiary/aromatic N) is 2. The van der Waals surface area contributed by atoms with Crippen LogP contribution in [0.1, 0.15) is 30.1 Å². The molecular formula is C14H14N2O2. The van der Waals surface area contributed by atoms with Crippen molar-refractivity contribution < 1.29 is 9.53 Å². The first-order valence-corrected chi connectivity index (χ1v) is 5.79. The summed E-state index contributed by atoms with van der Waals surface area (Å²) in [5.74, 6) is -1.03. The van der Waals surface area contributed by atoms with Crippen molar-refractivity contribution in [1.29, 1.82) is 10.5 Å². The van der Waals surface area contributed by atoms with E-state index in [1.165, 1.54) is 0 Å². The van der Waals surface area contributed by atoms with Crippen LogP contribution in [0.15, 0.2) is 24.3 Å². The number of hydrogen-bond acceptors (Lipinski definition) is 4. The summed E-state index contributed by atoms with van der Waals surface area (Å²) in [6.45, 7) is 2.72. The van der Waals surface area contributed by atoms with E-state index in [2.05, 4.69) is 6.92 Å². The molecule has 4 heteroatoms. The fraction of sp³-hybridized carbons (Fsp3) is 0.357. The summed E-state index contributed by atoms with van der Waals surface area (Å²) in [5.41, 5.74) is 0.353. The van der Waals surface area contributed by atoms with Crippen LogP contribution in [-0.2, 0) is 0 Å². The first-order chi connectivity index (χ1) is 8.72. The minimum atomic E-state index is -1.24. The monoisotopic (exact) mass is 242 g/mol. The fourth-order valence-electron chi connectivity index (χ4n) is 1.36. The van der Waals surface area contributed by atoms with Crippen LogP contribution in [0.2, 0.25) is 0 Å². The summed E-state index contributed by atoms with van der Waals surface area (Å²) in [5, 5.41) is 17.3. The van der Waals surface area contributed by atoms with Crippen molar-refractivity contribution in [1.82, 2.24) is 0 Å². The maximum absolute atomic E-state index is 11.7. The first kappa shape index (κ1) is 13.7. The van der Waals surface area contributed by atoms with Crippen LogP contribution >= 0.6 is 0 Å². The Bertz CT molecular complexity index is 466. The molecule has 0 aliphatic carbocycles. The number of Topliss-reactive ketones (excluding diaryl/α,β-unsaturated/α-hetero) is 1. The molecular weight excluding hydrogens is 228 g/mol. The van der Waals surface area contributed by atoms with Crippen LogP contribution in [0, 0.1) is 28.6 Å². The van der Waals surface area contributed by atoms with Crippen LogP contribution in [0.25, 0.3) is 0 Å². The molecule has 92 valence electrons. The highest BCUT2D eigenvalue weighted by molar-refractivity contribution is 6.01. The molecule has 0 radical (unpaired) electrons. The largest absolute Gasteiger partial charge is 0.494 e. The van der Waals surface area contributed by atoms with Gasteiger partial charge in [0.25, 0.3) is 0 Å². The van der Waals surface area contributed by atoms with E-state index in [0.717, 1.165) is 12.8 Å². The third-order valence-electron chi connectivity index (χ3n) is 2.43. The van der Waals surface area contributed by atoms with Crippen molar-refractivity contribution >= 4 is 5.78 Å². The van der Waals surface area contributed by atoms with Gasteiger partial charge in [-0.2, -0.15) is 10.5 Å². The van der Waals surface area contributed by atoms with E-state index in [-0.39, 0.29) is 0 Å². The molecule has 18 heavy (non-hydrogen) atoms. The standard InChI is InChI=1S/C14H14N2O2/c1-2-3-8-18-13-6-4-11(5-7-13)14(17)12(9-15)10-16/h4-7,12H,2-3,8H2,1H3. The number of ether oxygens (including phenoxy) is 1. The highest BCUT2D eigenvalue weighted by Gasteiger charge is 2.18. The summed E-state index contributed by atoms with van der Waals surface area (Å²) in [6, 6.07) is 9.83. The van der Waals surface area contributed by atoms with Crippen molar-refractivity contribution in [3.05, 3.63) is 29.8 Å².